The van der Waals surface area contributed by atoms with Crippen molar-refractivity contribution in [2.75, 3.05) is 7.11 Å². The van der Waals surface area contributed by atoms with Gasteiger partial charge in [-0.25, -0.2) is 17.9 Å². The highest BCUT2D eigenvalue weighted by atomic mass is 32.2. The van der Waals surface area contributed by atoms with E-state index in [-0.39, 0.29) is 10.9 Å². The lowest BCUT2D eigenvalue weighted by Crippen LogP contribution is -2.27. The summed E-state index contributed by atoms with van der Waals surface area (Å²) in [6, 6.07) is 11.5. The maximum atomic E-state index is 12.6. The molecule has 0 aromatic heterocycles. The maximum Gasteiger partial charge on any atom is 0.328 e. The van der Waals surface area contributed by atoms with Crippen LogP contribution in [0.15, 0.2) is 53.4 Å². The van der Waals surface area contributed by atoms with Gasteiger partial charge in [0.25, 0.3) is 0 Å². The molecule has 0 bridgehead atoms. The van der Waals surface area contributed by atoms with Gasteiger partial charge in [0.2, 0.25) is 10.0 Å². The fourth-order valence-corrected chi connectivity index (χ4v) is 4.29. The first-order valence-electron chi connectivity index (χ1n) is 8.09. The van der Waals surface area contributed by atoms with Crippen LogP contribution in [0.4, 0.5) is 0 Å². The smallest absolute Gasteiger partial charge is 0.328 e. The predicted octanol–water partition coefficient (Wildman–Crippen LogP) is 2.76. The van der Waals surface area contributed by atoms with E-state index in [1.165, 1.54) is 25.3 Å². The average molecular weight is 373 g/mol. The number of sulfonamides is 1. The Balaban J connectivity index is 1.79. The first kappa shape index (κ1) is 18.2. The van der Waals surface area contributed by atoms with Gasteiger partial charge >= 0.3 is 5.97 Å². The molecule has 3 rings (SSSR count). The molecule has 0 heterocycles. The molecule has 0 fully saturated rings. The molecule has 0 saturated carbocycles. The largest absolute Gasteiger partial charge is 0.497 e. The van der Waals surface area contributed by atoms with Crippen LogP contribution in [0, 0.1) is 0 Å². The van der Waals surface area contributed by atoms with Crippen molar-refractivity contribution in [2.45, 2.75) is 23.8 Å². The molecule has 6 nitrogen and oxygen atoms in total. The lowest BCUT2D eigenvalue weighted by Gasteiger charge is -2.15. The monoisotopic (exact) mass is 373 g/mol. The quantitative estimate of drug-likeness (QED) is 0.760. The number of benzene rings is 2. The molecular weight excluding hydrogens is 354 g/mol. The summed E-state index contributed by atoms with van der Waals surface area (Å²) < 4.78 is 33.0. The highest BCUT2D eigenvalue weighted by molar-refractivity contribution is 7.89. The van der Waals surface area contributed by atoms with Gasteiger partial charge in [-0.1, -0.05) is 18.2 Å². The molecule has 1 unspecified atom stereocenters. The maximum absolute atomic E-state index is 12.6. The van der Waals surface area contributed by atoms with Crippen molar-refractivity contribution in [3.8, 4) is 5.75 Å². The van der Waals surface area contributed by atoms with Crippen LogP contribution in [0.5, 0.6) is 5.75 Å². The molecule has 7 heteroatoms. The number of nitrogens with one attached hydrogen (secondary N) is 1. The van der Waals surface area contributed by atoms with E-state index in [4.69, 9.17) is 9.84 Å². The topological polar surface area (TPSA) is 92.7 Å². The van der Waals surface area contributed by atoms with Gasteiger partial charge in [0.1, 0.15) is 5.75 Å². The zero-order valence-corrected chi connectivity index (χ0v) is 15.0. The number of hydrogen-bond acceptors (Lipinski definition) is 4. The Morgan fingerprint density at radius 3 is 2.62 bits per heavy atom. The molecule has 2 aromatic carbocycles. The molecule has 136 valence electrons. The molecule has 1 aliphatic carbocycles. The number of methoxy groups -OCH3 is 1. The molecule has 2 aromatic rings. The van der Waals surface area contributed by atoms with Crippen LogP contribution in [0.1, 0.15) is 29.2 Å². The minimum Gasteiger partial charge on any atom is -0.497 e. The van der Waals surface area contributed by atoms with Crippen molar-refractivity contribution in [3.63, 3.8) is 0 Å². The molecule has 0 saturated heterocycles. The summed E-state index contributed by atoms with van der Waals surface area (Å²) in [5, 5.41) is 8.71. The van der Waals surface area contributed by atoms with Gasteiger partial charge in [0, 0.05) is 12.1 Å². The number of hydrogen-bond donors (Lipinski definition) is 2. The first-order valence-corrected chi connectivity index (χ1v) is 9.57. The van der Waals surface area contributed by atoms with Crippen molar-refractivity contribution in [2.24, 2.45) is 0 Å². The predicted molar refractivity (Wildman–Crippen MR) is 97.5 cm³/mol. The van der Waals surface area contributed by atoms with Crippen LogP contribution in [0.3, 0.4) is 0 Å². The number of aliphatic carboxylic acids is 1. The highest BCUT2D eigenvalue weighted by Gasteiger charge is 2.27. The number of rotatable bonds is 6. The van der Waals surface area contributed by atoms with Gasteiger partial charge < -0.3 is 9.84 Å². The first-order chi connectivity index (χ1) is 12.4. The number of aryl methyl sites for hydroxylation is 1. The van der Waals surface area contributed by atoms with Crippen molar-refractivity contribution in [3.05, 3.63) is 65.2 Å². The fraction of sp³-hybridized carbons (Fsp3) is 0.211. The van der Waals surface area contributed by atoms with E-state index in [1.807, 2.05) is 12.1 Å². The summed E-state index contributed by atoms with van der Waals surface area (Å²) in [4.78, 5) is 10.8. The average Bonchev–Trinajstić information content (AvgIpc) is 3.01. The number of ether oxygens (including phenoxy) is 1. The lowest BCUT2D eigenvalue weighted by molar-refractivity contribution is -0.131. The van der Waals surface area contributed by atoms with Gasteiger partial charge in [0.05, 0.1) is 12.0 Å². The number of carbonyl (C=O) groups is 1. The van der Waals surface area contributed by atoms with E-state index < -0.39 is 16.0 Å². The highest BCUT2D eigenvalue weighted by Crippen LogP contribution is 2.33. The Morgan fingerprint density at radius 2 is 1.96 bits per heavy atom. The third-order valence-electron chi connectivity index (χ3n) is 4.33. The Labute approximate surface area is 152 Å². The van der Waals surface area contributed by atoms with Crippen molar-refractivity contribution in [1.29, 1.82) is 0 Å². The molecule has 0 amide bonds. The van der Waals surface area contributed by atoms with Crippen molar-refractivity contribution < 1.29 is 23.1 Å². The minimum atomic E-state index is -3.64. The fourth-order valence-electron chi connectivity index (χ4n) is 3.04. The number of carboxylic acids is 1. The molecule has 2 N–H and O–H groups in total. The van der Waals surface area contributed by atoms with E-state index in [1.54, 1.807) is 18.2 Å². The molecule has 0 aliphatic heterocycles. The Morgan fingerprint density at radius 1 is 1.23 bits per heavy atom. The van der Waals surface area contributed by atoms with Gasteiger partial charge in [0.15, 0.2) is 0 Å². The second kappa shape index (κ2) is 7.31. The van der Waals surface area contributed by atoms with Crippen LogP contribution in [0.2, 0.25) is 0 Å². The summed E-state index contributed by atoms with van der Waals surface area (Å²) in [5.74, 6) is -0.410. The molecule has 1 atom stereocenters. The molecule has 0 radical (unpaired) electrons. The third-order valence-corrected chi connectivity index (χ3v) is 5.82. The van der Waals surface area contributed by atoms with E-state index in [0.717, 1.165) is 29.2 Å². The van der Waals surface area contributed by atoms with Gasteiger partial charge in [-0.05, 0) is 59.9 Å². The number of carboxylic acid groups (broad SMARTS) is 1. The molecule has 1 aliphatic rings. The zero-order valence-electron chi connectivity index (χ0n) is 14.2. The molecular formula is C19H19NO5S. The molecule has 26 heavy (non-hydrogen) atoms. The second-order valence-electron chi connectivity index (χ2n) is 6.02. The van der Waals surface area contributed by atoms with Gasteiger partial charge in [-0.15, -0.1) is 0 Å². The van der Waals surface area contributed by atoms with Crippen molar-refractivity contribution in [1.82, 2.24) is 4.72 Å². The number of fused-ring (bicyclic) bond motifs is 1. The van der Waals surface area contributed by atoms with Crippen LogP contribution in [0.25, 0.3) is 6.08 Å². The van der Waals surface area contributed by atoms with Crippen LogP contribution in [-0.4, -0.2) is 26.6 Å². The summed E-state index contributed by atoms with van der Waals surface area (Å²) >= 11 is 0. The van der Waals surface area contributed by atoms with Crippen molar-refractivity contribution >= 4 is 22.1 Å². The summed E-state index contributed by atoms with van der Waals surface area (Å²) in [6.07, 6.45) is 4.01. The van der Waals surface area contributed by atoms with E-state index in [2.05, 4.69) is 4.72 Å². The van der Waals surface area contributed by atoms with Crippen LogP contribution in [-0.2, 0) is 21.2 Å². The molecule has 0 spiro atoms. The normalized spacial score (nSPS) is 16.6. The zero-order chi connectivity index (χ0) is 18.7. The standard InChI is InChI=1S/C19H19NO5S/c1-25-15-5-7-16(8-6-15)26(23,24)20-18-10-4-14-12-13(2-9-17(14)18)3-11-19(21)22/h2-3,5-9,11-12,18,20H,4,10H2,1H3,(H,21,22)/b11-3+. The third kappa shape index (κ3) is 3.95. The summed E-state index contributed by atoms with van der Waals surface area (Å²) in [7, 11) is -2.12. The van der Waals surface area contributed by atoms with Gasteiger partial charge in [-0.2, -0.15) is 0 Å². The van der Waals surface area contributed by atoms with Crippen LogP contribution >= 0.6 is 0 Å². The Hall–Kier alpha value is -2.64. The second-order valence-corrected chi connectivity index (χ2v) is 7.73. The summed E-state index contributed by atoms with van der Waals surface area (Å²) in [5.41, 5.74) is 2.74. The Bertz CT molecular complexity index is 948. The SMILES string of the molecule is COc1ccc(S(=O)(=O)NC2CCc3cc(/C=C/C(=O)O)ccc32)cc1. The van der Waals surface area contributed by atoms with Gasteiger partial charge in [-0.3, -0.25) is 0 Å². The summed E-state index contributed by atoms with van der Waals surface area (Å²) in [6.45, 7) is 0. The van der Waals surface area contributed by atoms with E-state index in [9.17, 15) is 13.2 Å². The minimum absolute atomic E-state index is 0.188. The Kier molecular flexibility index (Phi) is 5.11. The lowest BCUT2D eigenvalue weighted by atomic mass is 10.0. The van der Waals surface area contributed by atoms with E-state index in [0.29, 0.717) is 12.2 Å². The van der Waals surface area contributed by atoms with E-state index >= 15 is 0 Å². The van der Waals surface area contributed by atoms with Crippen LogP contribution < -0.4 is 9.46 Å².